The summed E-state index contributed by atoms with van der Waals surface area (Å²) in [6, 6.07) is 6.97. The number of hydrogen-bond acceptors (Lipinski definition) is 3. The van der Waals surface area contributed by atoms with Crippen molar-refractivity contribution in [2.75, 3.05) is 0 Å². The minimum atomic E-state index is -0.493. The summed E-state index contributed by atoms with van der Waals surface area (Å²) < 4.78 is 0. The molecule has 1 saturated heterocycles. The molecular formula is C12H14N2O2. The Kier molecular flexibility index (Phi) is 3.01. The number of carbonyl (C=O) groups excluding carboxylic acids is 2. The number of Topliss-reactive ketones (excluding diaryl/α,β-unsaturated/α-hetero) is 1. The number of nitrogens with two attached hydrogens (primary N) is 1. The van der Waals surface area contributed by atoms with Crippen molar-refractivity contribution in [1.29, 1.82) is 0 Å². The second-order valence-corrected chi connectivity index (χ2v) is 3.92. The van der Waals surface area contributed by atoms with Gasteiger partial charge in [0.1, 0.15) is 6.04 Å². The average molecular weight is 218 g/mol. The van der Waals surface area contributed by atoms with Gasteiger partial charge in [-0.25, -0.2) is 0 Å². The number of ketones is 1. The lowest BCUT2D eigenvalue weighted by Crippen LogP contribution is -2.38. The van der Waals surface area contributed by atoms with Gasteiger partial charge in [-0.3, -0.25) is 9.59 Å². The van der Waals surface area contributed by atoms with Crippen LogP contribution in [0, 0.1) is 0 Å². The molecule has 1 aromatic carbocycles. The van der Waals surface area contributed by atoms with Gasteiger partial charge < -0.3 is 11.1 Å². The lowest BCUT2D eigenvalue weighted by molar-refractivity contribution is -0.132. The summed E-state index contributed by atoms with van der Waals surface area (Å²) in [5.41, 5.74) is 7.32. The minimum absolute atomic E-state index is 0.0637. The lowest BCUT2D eigenvalue weighted by Gasteiger charge is -2.22. The van der Waals surface area contributed by atoms with Crippen LogP contribution in [-0.4, -0.2) is 11.7 Å². The summed E-state index contributed by atoms with van der Waals surface area (Å²) >= 11 is 0. The molecule has 1 aromatic rings. The third-order valence-corrected chi connectivity index (χ3v) is 2.75. The smallest absolute Gasteiger partial charge is 0.221 e. The van der Waals surface area contributed by atoms with E-state index in [1.165, 1.54) is 0 Å². The van der Waals surface area contributed by atoms with E-state index in [1.807, 2.05) is 24.3 Å². The van der Waals surface area contributed by atoms with E-state index in [2.05, 4.69) is 5.32 Å². The van der Waals surface area contributed by atoms with Crippen LogP contribution >= 0.6 is 0 Å². The highest BCUT2D eigenvalue weighted by Gasteiger charge is 2.27. The van der Waals surface area contributed by atoms with Crippen LogP contribution in [0.5, 0.6) is 0 Å². The van der Waals surface area contributed by atoms with Crippen molar-refractivity contribution in [3.05, 3.63) is 35.4 Å². The number of benzene rings is 1. The molecule has 0 aromatic heterocycles. The Morgan fingerprint density at radius 1 is 1.31 bits per heavy atom. The summed E-state index contributed by atoms with van der Waals surface area (Å²) in [7, 11) is 0. The Morgan fingerprint density at radius 3 is 2.88 bits per heavy atom. The van der Waals surface area contributed by atoms with E-state index in [-0.39, 0.29) is 11.7 Å². The predicted molar refractivity (Wildman–Crippen MR) is 59.5 cm³/mol. The first-order valence-electron chi connectivity index (χ1n) is 5.31. The van der Waals surface area contributed by atoms with Gasteiger partial charge in [0.05, 0.1) is 0 Å². The summed E-state index contributed by atoms with van der Waals surface area (Å²) in [6.07, 6.45) is 0.620. The Hall–Kier alpha value is -1.68. The van der Waals surface area contributed by atoms with Gasteiger partial charge in [-0.1, -0.05) is 24.3 Å². The molecular weight excluding hydrogens is 204 g/mol. The molecule has 4 nitrogen and oxygen atoms in total. The fraction of sp³-hybridized carbons (Fsp3) is 0.333. The van der Waals surface area contributed by atoms with E-state index in [1.54, 1.807) is 0 Å². The van der Waals surface area contributed by atoms with Gasteiger partial charge in [-0.15, -0.1) is 0 Å². The molecule has 1 aliphatic heterocycles. The van der Waals surface area contributed by atoms with Crippen LogP contribution in [0.4, 0.5) is 0 Å². The van der Waals surface area contributed by atoms with Gasteiger partial charge in [0.15, 0.2) is 5.78 Å². The number of rotatable bonds is 2. The zero-order valence-corrected chi connectivity index (χ0v) is 8.90. The molecule has 0 bridgehead atoms. The van der Waals surface area contributed by atoms with Crippen LogP contribution in [0.25, 0.3) is 0 Å². The molecule has 2 rings (SSSR count). The molecule has 1 atom stereocenters. The molecule has 1 heterocycles. The van der Waals surface area contributed by atoms with E-state index < -0.39 is 6.04 Å². The zero-order chi connectivity index (χ0) is 11.5. The molecule has 4 heteroatoms. The summed E-state index contributed by atoms with van der Waals surface area (Å²) in [5, 5.41) is 2.70. The van der Waals surface area contributed by atoms with Crippen molar-refractivity contribution in [1.82, 2.24) is 5.32 Å². The fourth-order valence-electron chi connectivity index (χ4n) is 1.86. The standard InChI is InChI=1S/C12H14N2O2/c13-7-8-2-1-3-9(6-8)12-10(15)4-5-11(16)14-12/h1-3,6,12H,4-5,7,13H2,(H,14,16). The maximum absolute atomic E-state index is 11.7. The van der Waals surface area contributed by atoms with Gasteiger partial charge in [0.2, 0.25) is 5.91 Å². The summed E-state index contributed by atoms with van der Waals surface area (Å²) in [5.74, 6) is -0.00322. The van der Waals surface area contributed by atoms with E-state index in [4.69, 9.17) is 5.73 Å². The molecule has 84 valence electrons. The Labute approximate surface area is 93.8 Å². The van der Waals surface area contributed by atoms with Crippen LogP contribution in [0.15, 0.2) is 24.3 Å². The molecule has 0 radical (unpaired) electrons. The molecule has 0 saturated carbocycles. The number of nitrogens with one attached hydrogen (secondary N) is 1. The SMILES string of the molecule is NCc1cccc(C2NC(=O)CCC2=O)c1. The molecule has 1 amide bonds. The molecule has 0 aliphatic carbocycles. The number of hydrogen-bond donors (Lipinski definition) is 2. The number of piperidine rings is 1. The second kappa shape index (κ2) is 4.45. The number of amides is 1. The third kappa shape index (κ3) is 2.12. The van der Waals surface area contributed by atoms with Crippen molar-refractivity contribution in [2.24, 2.45) is 5.73 Å². The van der Waals surface area contributed by atoms with Crippen LogP contribution in [0.2, 0.25) is 0 Å². The van der Waals surface area contributed by atoms with Crippen LogP contribution in [-0.2, 0) is 16.1 Å². The quantitative estimate of drug-likeness (QED) is 0.766. The topological polar surface area (TPSA) is 72.2 Å². The summed E-state index contributed by atoms with van der Waals surface area (Å²) in [6.45, 7) is 0.433. The lowest BCUT2D eigenvalue weighted by atomic mass is 9.95. The van der Waals surface area contributed by atoms with Gasteiger partial charge >= 0.3 is 0 Å². The first-order chi connectivity index (χ1) is 7.70. The number of carbonyl (C=O) groups is 2. The molecule has 16 heavy (non-hydrogen) atoms. The Balaban J connectivity index is 2.27. The van der Waals surface area contributed by atoms with E-state index in [0.717, 1.165) is 11.1 Å². The highest BCUT2D eigenvalue weighted by Crippen LogP contribution is 2.21. The highest BCUT2D eigenvalue weighted by molar-refractivity contribution is 5.95. The normalized spacial score (nSPS) is 20.7. The maximum atomic E-state index is 11.7. The minimum Gasteiger partial charge on any atom is -0.342 e. The monoisotopic (exact) mass is 218 g/mol. The van der Waals surface area contributed by atoms with Gasteiger partial charge in [-0.2, -0.15) is 0 Å². The van der Waals surface area contributed by atoms with Gasteiger partial charge in [-0.05, 0) is 11.1 Å². The molecule has 3 N–H and O–H groups in total. The van der Waals surface area contributed by atoms with E-state index in [0.29, 0.717) is 19.4 Å². The second-order valence-electron chi connectivity index (χ2n) is 3.92. The van der Waals surface area contributed by atoms with Crippen LogP contribution in [0.1, 0.15) is 30.0 Å². The van der Waals surface area contributed by atoms with E-state index >= 15 is 0 Å². The Morgan fingerprint density at radius 2 is 2.12 bits per heavy atom. The summed E-state index contributed by atoms with van der Waals surface area (Å²) in [4.78, 5) is 23.0. The molecule has 1 aliphatic rings. The average Bonchev–Trinajstić information content (AvgIpc) is 2.32. The van der Waals surface area contributed by atoms with E-state index in [9.17, 15) is 9.59 Å². The largest absolute Gasteiger partial charge is 0.342 e. The van der Waals surface area contributed by atoms with Crippen LogP contribution in [0.3, 0.4) is 0 Å². The predicted octanol–water partition coefficient (Wildman–Crippen LogP) is 0.665. The Bertz CT molecular complexity index is 429. The van der Waals surface area contributed by atoms with Crippen LogP contribution < -0.4 is 11.1 Å². The molecule has 1 unspecified atom stereocenters. The third-order valence-electron chi connectivity index (χ3n) is 2.75. The van der Waals surface area contributed by atoms with Gasteiger partial charge in [0, 0.05) is 19.4 Å². The van der Waals surface area contributed by atoms with Crippen molar-refractivity contribution in [3.8, 4) is 0 Å². The van der Waals surface area contributed by atoms with Crippen molar-refractivity contribution in [2.45, 2.75) is 25.4 Å². The first-order valence-corrected chi connectivity index (χ1v) is 5.31. The maximum Gasteiger partial charge on any atom is 0.221 e. The van der Waals surface area contributed by atoms with Crippen molar-refractivity contribution < 1.29 is 9.59 Å². The van der Waals surface area contributed by atoms with Crippen molar-refractivity contribution in [3.63, 3.8) is 0 Å². The first kappa shape index (κ1) is 10.8. The van der Waals surface area contributed by atoms with Gasteiger partial charge in [0.25, 0.3) is 0 Å². The molecule has 1 fully saturated rings. The zero-order valence-electron chi connectivity index (χ0n) is 8.90. The molecule has 0 spiro atoms. The highest BCUT2D eigenvalue weighted by atomic mass is 16.2. The van der Waals surface area contributed by atoms with Crippen molar-refractivity contribution >= 4 is 11.7 Å². The fourth-order valence-corrected chi connectivity index (χ4v) is 1.86.